The predicted octanol–water partition coefficient (Wildman–Crippen LogP) is 4.06. The Bertz CT molecular complexity index is 1910. The molecule has 0 bridgehead atoms. The minimum atomic E-state index is -0.673. The van der Waals surface area contributed by atoms with Crippen molar-refractivity contribution in [3.8, 4) is 17.5 Å². The molecule has 2 aromatic carbocycles. The number of hydrogen-bond acceptors (Lipinski definition) is 7. The monoisotopic (exact) mass is 561 g/mol. The van der Waals surface area contributed by atoms with Crippen molar-refractivity contribution in [2.45, 2.75) is 51.9 Å². The van der Waals surface area contributed by atoms with Crippen molar-refractivity contribution in [3.05, 3.63) is 94.3 Å². The number of amides is 1. The maximum atomic E-state index is 14.3. The van der Waals surface area contributed by atoms with Gasteiger partial charge in [0.2, 0.25) is 0 Å². The molecule has 1 aliphatic rings. The first-order valence-corrected chi connectivity index (χ1v) is 14.0. The third-order valence-electron chi connectivity index (χ3n) is 7.43. The average molecular weight is 562 g/mol. The van der Waals surface area contributed by atoms with E-state index in [1.165, 1.54) is 9.08 Å². The van der Waals surface area contributed by atoms with Gasteiger partial charge in [0, 0.05) is 23.9 Å². The molecule has 3 unspecified atom stereocenters. The van der Waals surface area contributed by atoms with Gasteiger partial charge in [0.05, 0.1) is 34.8 Å². The maximum absolute atomic E-state index is 14.3. The standard InChI is InChI=1S/C32H31N7O3/c1-19-17-22(18-20(2)42-19)13-14-23-9-7-12-25-26(23)32(41)39(24-10-5-4-6-11-24)29(36-25)21(3)35-31(40)27-28(33)37-38-16-8-15-34-30(27)38/h4-12,15-16,19-22H,17-18H2,1-3H3,(H2,33,37)(H,35,40). The molecule has 10 nitrogen and oxygen atoms in total. The van der Waals surface area contributed by atoms with Crippen LogP contribution in [0, 0.1) is 17.8 Å². The molecule has 0 saturated carbocycles. The highest BCUT2D eigenvalue weighted by Gasteiger charge is 2.25. The Morgan fingerprint density at radius 1 is 1.10 bits per heavy atom. The van der Waals surface area contributed by atoms with Crippen molar-refractivity contribution >= 4 is 28.3 Å². The number of benzene rings is 2. The van der Waals surface area contributed by atoms with Gasteiger partial charge in [-0.25, -0.2) is 14.5 Å². The molecule has 10 heteroatoms. The molecule has 1 saturated heterocycles. The molecular weight excluding hydrogens is 530 g/mol. The van der Waals surface area contributed by atoms with Gasteiger partial charge in [-0.3, -0.25) is 14.2 Å². The molecule has 6 rings (SSSR count). The molecule has 0 radical (unpaired) electrons. The normalized spacial score (nSPS) is 19.3. The molecule has 3 aromatic heterocycles. The fourth-order valence-electron chi connectivity index (χ4n) is 5.63. The second-order valence-electron chi connectivity index (χ2n) is 10.7. The number of nitrogens with two attached hydrogens (primary N) is 1. The molecule has 212 valence electrons. The first-order chi connectivity index (χ1) is 20.3. The van der Waals surface area contributed by atoms with Crippen LogP contribution in [0.3, 0.4) is 0 Å². The fraction of sp³-hybridized carbons (Fsp3) is 0.281. The van der Waals surface area contributed by atoms with E-state index in [0.717, 1.165) is 12.8 Å². The zero-order valence-corrected chi connectivity index (χ0v) is 23.6. The molecule has 1 amide bonds. The molecule has 3 atom stereocenters. The number of para-hydroxylation sites is 1. The van der Waals surface area contributed by atoms with Crippen LogP contribution in [-0.2, 0) is 4.74 Å². The van der Waals surface area contributed by atoms with E-state index in [1.54, 1.807) is 31.5 Å². The van der Waals surface area contributed by atoms with Crippen molar-refractivity contribution in [1.29, 1.82) is 0 Å². The second-order valence-corrected chi connectivity index (χ2v) is 10.7. The maximum Gasteiger partial charge on any atom is 0.267 e. The lowest BCUT2D eigenvalue weighted by Gasteiger charge is -2.29. The van der Waals surface area contributed by atoms with Crippen LogP contribution in [0.1, 0.15) is 61.4 Å². The summed E-state index contributed by atoms with van der Waals surface area (Å²) in [6.07, 6.45) is 5.22. The van der Waals surface area contributed by atoms with Crippen LogP contribution >= 0.6 is 0 Å². The van der Waals surface area contributed by atoms with Gasteiger partial charge in [0.15, 0.2) is 11.5 Å². The molecular formula is C32H31N7O3. The first kappa shape index (κ1) is 27.2. The Kier molecular flexibility index (Phi) is 7.19. The van der Waals surface area contributed by atoms with Gasteiger partial charge >= 0.3 is 0 Å². The van der Waals surface area contributed by atoms with Crippen LogP contribution in [-0.4, -0.2) is 42.3 Å². The number of nitrogen functional groups attached to an aromatic ring is 1. The zero-order chi connectivity index (χ0) is 29.4. The number of nitrogens with one attached hydrogen (secondary N) is 1. The predicted molar refractivity (Wildman–Crippen MR) is 160 cm³/mol. The smallest absolute Gasteiger partial charge is 0.267 e. The zero-order valence-electron chi connectivity index (χ0n) is 23.6. The number of rotatable bonds is 4. The Hall–Kier alpha value is -5.01. The lowest BCUT2D eigenvalue weighted by Crippen LogP contribution is -2.33. The average Bonchev–Trinajstić information content (AvgIpc) is 3.31. The molecule has 42 heavy (non-hydrogen) atoms. The highest BCUT2D eigenvalue weighted by atomic mass is 16.5. The molecule has 1 aliphatic heterocycles. The molecule has 3 N–H and O–H groups in total. The highest BCUT2D eigenvalue weighted by Crippen LogP contribution is 2.25. The van der Waals surface area contributed by atoms with Crippen molar-refractivity contribution < 1.29 is 9.53 Å². The summed E-state index contributed by atoms with van der Waals surface area (Å²) in [4.78, 5) is 36.8. The molecule has 5 aromatic rings. The third kappa shape index (κ3) is 5.10. The van der Waals surface area contributed by atoms with Crippen molar-refractivity contribution in [1.82, 2.24) is 29.5 Å². The van der Waals surface area contributed by atoms with Gasteiger partial charge in [-0.15, -0.1) is 5.10 Å². The molecule has 4 heterocycles. The minimum absolute atomic E-state index is 0.0573. The number of nitrogens with zero attached hydrogens (tertiary/aromatic N) is 5. The number of carbonyl (C=O) groups is 1. The largest absolute Gasteiger partial charge is 0.381 e. The lowest BCUT2D eigenvalue weighted by atomic mass is 9.93. The van der Waals surface area contributed by atoms with Crippen LogP contribution in [0.2, 0.25) is 0 Å². The summed E-state index contributed by atoms with van der Waals surface area (Å²) >= 11 is 0. The third-order valence-corrected chi connectivity index (χ3v) is 7.43. The van der Waals surface area contributed by atoms with E-state index in [0.29, 0.717) is 33.6 Å². The summed E-state index contributed by atoms with van der Waals surface area (Å²) in [6.45, 7) is 5.90. The van der Waals surface area contributed by atoms with Crippen molar-refractivity contribution in [2.24, 2.45) is 5.92 Å². The van der Waals surface area contributed by atoms with E-state index in [2.05, 4.69) is 41.1 Å². The molecule has 1 fully saturated rings. The van der Waals surface area contributed by atoms with E-state index in [4.69, 9.17) is 15.5 Å². The van der Waals surface area contributed by atoms with E-state index < -0.39 is 11.9 Å². The van der Waals surface area contributed by atoms with Gasteiger partial charge < -0.3 is 15.8 Å². The number of carbonyl (C=O) groups excluding carboxylic acids is 1. The summed E-state index contributed by atoms with van der Waals surface area (Å²) in [5.74, 6) is 6.80. The van der Waals surface area contributed by atoms with Crippen LogP contribution in [0.4, 0.5) is 5.82 Å². The van der Waals surface area contributed by atoms with Gasteiger partial charge in [-0.05, 0) is 63.9 Å². The van der Waals surface area contributed by atoms with E-state index >= 15 is 0 Å². The van der Waals surface area contributed by atoms with Gasteiger partial charge in [-0.1, -0.05) is 36.1 Å². The first-order valence-electron chi connectivity index (χ1n) is 14.0. The van der Waals surface area contributed by atoms with Crippen LogP contribution < -0.4 is 16.6 Å². The van der Waals surface area contributed by atoms with E-state index in [1.807, 2.05) is 42.5 Å². The summed E-state index contributed by atoms with van der Waals surface area (Å²) in [5, 5.41) is 7.57. The Morgan fingerprint density at radius 2 is 1.86 bits per heavy atom. The van der Waals surface area contributed by atoms with Gasteiger partial charge in [0.1, 0.15) is 11.4 Å². The van der Waals surface area contributed by atoms with Crippen molar-refractivity contribution in [3.63, 3.8) is 0 Å². The van der Waals surface area contributed by atoms with Gasteiger partial charge in [0.25, 0.3) is 11.5 Å². The Labute approximate surface area is 242 Å². The van der Waals surface area contributed by atoms with Crippen molar-refractivity contribution in [2.75, 3.05) is 5.73 Å². The lowest BCUT2D eigenvalue weighted by molar-refractivity contribution is -0.0419. The number of ether oxygens (including phenoxy) is 1. The molecule has 0 aliphatic carbocycles. The van der Waals surface area contributed by atoms with Gasteiger partial charge in [-0.2, -0.15) is 0 Å². The summed E-state index contributed by atoms with van der Waals surface area (Å²) in [6, 6.07) is 15.8. The summed E-state index contributed by atoms with van der Waals surface area (Å²) in [5.41, 5.74) is 8.05. The second kappa shape index (κ2) is 11.1. The van der Waals surface area contributed by atoms with Crippen LogP contribution in [0.25, 0.3) is 22.2 Å². The fourth-order valence-corrected chi connectivity index (χ4v) is 5.63. The number of fused-ring (bicyclic) bond motifs is 2. The summed E-state index contributed by atoms with van der Waals surface area (Å²) < 4.78 is 8.85. The van der Waals surface area contributed by atoms with Crippen LogP contribution in [0.5, 0.6) is 0 Å². The Balaban J connectivity index is 1.43. The SMILES string of the molecule is CC1CC(C#Cc2cccc3nc(C(C)NC(=O)c4c(N)nn5cccnc45)n(-c4ccccc4)c(=O)c23)CC(C)O1. The molecule has 0 spiro atoms. The topological polar surface area (TPSA) is 129 Å². The van der Waals surface area contributed by atoms with E-state index in [9.17, 15) is 9.59 Å². The summed E-state index contributed by atoms with van der Waals surface area (Å²) in [7, 11) is 0. The highest BCUT2D eigenvalue weighted by molar-refractivity contribution is 6.04. The number of aromatic nitrogens is 5. The quantitative estimate of drug-likeness (QED) is 0.317. The Morgan fingerprint density at radius 3 is 2.62 bits per heavy atom. The number of hydrogen-bond donors (Lipinski definition) is 2. The van der Waals surface area contributed by atoms with Crippen LogP contribution in [0.15, 0.2) is 71.8 Å². The minimum Gasteiger partial charge on any atom is -0.381 e. The van der Waals surface area contributed by atoms with E-state index in [-0.39, 0.29) is 35.1 Å². The number of anilines is 1.